The minimum Gasteiger partial charge on any atom is -0.480 e. The van der Waals surface area contributed by atoms with Gasteiger partial charge in [-0.15, -0.1) is 4.98 Å². The number of hydrogen-bond acceptors (Lipinski definition) is 8. The molecular weight excluding hydrogens is 286 g/mol. The number of ether oxygens (including phenoxy) is 3. The molecule has 0 saturated carbocycles. The Kier molecular flexibility index (Phi) is 5.52. The molecular formula is C11H17N3O5S. The van der Waals surface area contributed by atoms with Gasteiger partial charge >= 0.3 is 18.0 Å². The summed E-state index contributed by atoms with van der Waals surface area (Å²) in [5.74, 6) is -1.03. The standard InChI is InChI=1S/C11H17N3O5S/c1-11(2,19-5)6(7(15)16)20-10-13-8(17-3)12-9(14-10)18-4/h6H,1-5H3,(H,15,16). The van der Waals surface area contributed by atoms with Crippen molar-refractivity contribution >= 4 is 17.7 Å². The van der Waals surface area contributed by atoms with Gasteiger partial charge in [-0.05, 0) is 13.8 Å². The fourth-order valence-electron chi connectivity index (χ4n) is 1.26. The first-order valence-corrected chi connectivity index (χ1v) is 6.50. The summed E-state index contributed by atoms with van der Waals surface area (Å²) in [4.78, 5) is 23.2. The monoisotopic (exact) mass is 303 g/mol. The van der Waals surface area contributed by atoms with E-state index in [0.717, 1.165) is 11.8 Å². The summed E-state index contributed by atoms with van der Waals surface area (Å²) >= 11 is 0.941. The van der Waals surface area contributed by atoms with Crippen molar-refractivity contribution in [1.29, 1.82) is 0 Å². The summed E-state index contributed by atoms with van der Waals surface area (Å²) < 4.78 is 15.0. The first-order valence-electron chi connectivity index (χ1n) is 5.62. The molecule has 1 rings (SSSR count). The number of thioether (sulfide) groups is 1. The Labute approximate surface area is 120 Å². The second kappa shape index (κ2) is 6.71. The van der Waals surface area contributed by atoms with Crippen molar-refractivity contribution in [3.05, 3.63) is 0 Å². The van der Waals surface area contributed by atoms with Gasteiger partial charge in [-0.25, -0.2) is 0 Å². The number of hydrogen-bond donors (Lipinski definition) is 1. The normalized spacial score (nSPS) is 12.8. The molecule has 0 radical (unpaired) electrons. The summed E-state index contributed by atoms with van der Waals surface area (Å²) in [7, 11) is 4.25. The molecule has 9 heteroatoms. The van der Waals surface area contributed by atoms with E-state index in [0.29, 0.717) is 0 Å². The maximum Gasteiger partial charge on any atom is 0.323 e. The van der Waals surface area contributed by atoms with E-state index in [4.69, 9.17) is 14.2 Å². The largest absolute Gasteiger partial charge is 0.480 e. The summed E-state index contributed by atoms with van der Waals surface area (Å²) in [6, 6.07) is 0.109. The van der Waals surface area contributed by atoms with E-state index in [1.54, 1.807) is 13.8 Å². The van der Waals surface area contributed by atoms with Gasteiger partial charge in [0.2, 0.25) is 0 Å². The van der Waals surface area contributed by atoms with Crippen molar-refractivity contribution in [3.8, 4) is 12.0 Å². The van der Waals surface area contributed by atoms with Crippen LogP contribution in [0.4, 0.5) is 0 Å². The van der Waals surface area contributed by atoms with E-state index < -0.39 is 16.8 Å². The van der Waals surface area contributed by atoms with Crippen molar-refractivity contribution in [2.24, 2.45) is 0 Å². The van der Waals surface area contributed by atoms with Crippen LogP contribution in [0.1, 0.15) is 13.8 Å². The topological polar surface area (TPSA) is 104 Å². The number of aromatic nitrogens is 3. The van der Waals surface area contributed by atoms with Gasteiger partial charge in [-0.2, -0.15) is 9.97 Å². The smallest absolute Gasteiger partial charge is 0.323 e. The first-order chi connectivity index (χ1) is 9.33. The fraction of sp³-hybridized carbons (Fsp3) is 0.636. The fourth-order valence-corrected chi connectivity index (χ4v) is 2.21. The van der Waals surface area contributed by atoms with Crippen LogP contribution in [0.5, 0.6) is 12.0 Å². The van der Waals surface area contributed by atoms with Crippen molar-refractivity contribution in [3.63, 3.8) is 0 Å². The van der Waals surface area contributed by atoms with Gasteiger partial charge in [0.15, 0.2) is 5.16 Å². The number of carboxylic acids is 1. The third-order valence-corrected chi connectivity index (χ3v) is 3.94. The number of methoxy groups -OCH3 is 3. The minimum absolute atomic E-state index is 0.0544. The Bertz CT molecular complexity index is 461. The molecule has 1 heterocycles. The van der Waals surface area contributed by atoms with Crippen LogP contribution < -0.4 is 9.47 Å². The third kappa shape index (κ3) is 3.94. The summed E-state index contributed by atoms with van der Waals surface area (Å²) in [5, 5.41) is 8.61. The van der Waals surface area contributed by atoms with E-state index in [2.05, 4.69) is 15.0 Å². The quantitative estimate of drug-likeness (QED) is 0.734. The SMILES string of the molecule is COc1nc(OC)nc(SC(C(=O)O)C(C)(C)OC)n1. The molecule has 112 valence electrons. The Morgan fingerprint density at radius 1 is 1.15 bits per heavy atom. The highest BCUT2D eigenvalue weighted by Gasteiger charge is 2.37. The molecule has 0 amide bonds. The highest BCUT2D eigenvalue weighted by Crippen LogP contribution is 2.31. The van der Waals surface area contributed by atoms with Crippen LogP contribution in [0, 0.1) is 0 Å². The molecule has 8 nitrogen and oxygen atoms in total. The highest BCUT2D eigenvalue weighted by atomic mass is 32.2. The molecule has 1 aromatic heterocycles. The molecule has 0 bridgehead atoms. The van der Waals surface area contributed by atoms with Crippen molar-refractivity contribution in [1.82, 2.24) is 15.0 Å². The van der Waals surface area contributed by atoms with E-state index >= 15 is 0 Å². The molecule has 1 aromatic rings. The predicted molar refractivity (Wildman–Crippen MR) is 71.3 cm³/mol. The zero-order valence-electron chi connectivity index (χ0n) is 11.9. The molecule has 20 heavy (non-hydrogen) atoms. The van der Waals surface area contributed by atoms with Crippen molar-refractivity contribution < 1.29 is 24.1 Å². The average molecular weight is 303 g/mol. The minimum atomic E-state index is -1.03. The lowest BCUT2D eigenvalue weighted by Gasteiger charge is -2.28. The number of carbonyl (C=O) groups is 1. The number of aliphatic carboxylic acids is 1. The Hall–Kier alpha value is -1.61. The molecule has 0 fully saturated rings. The van der Waals surface area contributed by atoms with Gasteiger partial charge in [-0.3, -0.25) is 4.79 Å². The van der Waals surface area contributed by atoms with Gasteiger partial charge in [0.1, 0.15) is 5.25 Å². The van der Waals surface area contributed by atoms with Crippen LogP contribution in [0.3, 0.4) is 0 Å². The molecule has 0 aliphatic rings. The van der Waals surface area contributed by atoms with E-state index in [9.17, 15) is 9.90 Å². The molecule has 0 aliphatic heterocycles. The maximum absolute atomic E-state index is 11.4. The van der Waals surface area contributed by atoms with Gasteiger partial charge in [0.25, 0.3) is 0 Å². The van der Waals surface area contributed by atoms with Crippen molar-refractivity contribution in [2.45, 2.75) is 29.9 Å². The number of nitrogens with zero attached hydrogens (tertiary/aromatic N) is 3. The van der Waals surface area contributed by atoms with Gasteiger partial charge in [-0.1, -0.05) is 11.8 Å². The molecule has 0 aliphatic carbocycles. The van der Waals surface area contributed by atoms with E-state index in [1.807, 2.05) is 0 Å². The molecule has 1 N–H and O–H groups in total. The second-order valence-electron chi connectivity index (χ2n) is 4.24. The second-order valence-corrected chi connectivity index (χ2v) is 5.31. The molecule has 1 unspecified atom stereocenters. The van der Waals surface area contributed by atoms with Gasteiger partial charge in [0.05, 0.1) is 19.8 Å². The number of rotatable bonds is 7. The predicted octanol–water partition coefficient (Wildman–Crippen LogP) is 0.859. The van der Waals surface area contributed by atoms with Crippen LogP contribution >= 0.6 is 11.8 Å². The van der Waals surface area contributed by atoms with E-state index in [1.165, 1.54) is 21.3 Å². The summed E-state index contributed by atoms with van der Waals surface area (Å²) in [6.07, 6.45) is 0. The van der Waals surface area contributed by atoms with Crippen molar-refractivity contribution in [2.75, 3.05) is 21.3 Å². The summed E-state index contributed by atoms with van der Waals surface area (Å²) in [5.41, 5.74) is -0.899. The molecule has 0 aromatic carbocycles. The van der Waals surface area contributed by atoms with E-state index in [-0.39, 0.29) is 17.2 Å². The van der Waals surface area contributed by atoms with Gasteiger partial charge < -0.3 is 19.3 Å². The Balaban J connectivity index is 3.08. The third-order valence-electron chi connectivity index (χ3n) is 2.54. The Morgan fingerprint density at radius 3 is 2.00 bits per heavy atom. The lowest BCUT2D eigenvalue weighted by molar-refractivity contribution is -0.141. The van der Waals surface area contributed by atoms with Crippen LogP contribution in [-0.2, 0) is 9.53 Å². The zero-order valence-corrected chi connectivity index (χ0v) is 12.7. The lowest BCUT2D eigenvalue weighted by atomic mass is 10.1. The van der Waals surface area contributed by atoms with Gasteiger partial charge in [0, 0.05) is 7.11 Å². The first kappa shape index (κ1) is 16.4. The highest BCUT2D eigenvalue weighted by molar-refractivity contribution is 8.00. The Morgan fingerprint density at radius 2 is 1.65 bits per heavy atom. The molecule has 0 spiro atoms. The lowest BCUT2D eigenvalue weighted by Crippen LogP contribution is -2.41. The maximum atomic E-state index is 11.4. The molecule has 1 atom stereocenters. The van der Waals surface area contributed by atoms with Crippen LogP contribution in [0.2, 0.25) is 0 Å². The zero-order chi connectivity index (χ0) is 15.3. The summed E-state index contributed by atoms with van der Waals surface area (Å²) in [6.45, 7) is 3.35. The average Bonchev–Trinajstić information content (AvgIpc) is 2.43. The van der Waals surface area contributed by atoms with Crippen LogP contribution in [0.15, 0.2) is 5.16 Å². The molecule has 0 saturated heterocycles. The van der Waals surface area contributed by atoms with Crippen LogP contribution in [-0.4, -0.2) is 58.2 Å². The number of carboxylic acid groups (broad SMARTS) is 1. The van der Waals surface area contributed by atoms with Crippen LogP contribution in [0.25, 0.3) is 0 Å².